The second-order valence-electron chi connectivity index (χ2n) is 4.36. The molecule has 0 bridgehead atoms. The minimum atomic E-state index is -1.08. The van der Waals surface area contributed by atoms with Gasteiger partial charge < -0.3 is 14.3 Å². The van der Waals surface area contributed by atoms with Gasteiger partial charge in [0.15, 0.2) is 5.65 Å². The minimum absolute atomic E-state index is 0.0295. The van der Waals surface area contributed by atoms with Crippen molar-refractivity contribution in [3.63, 3.8) is 0 Å². The fraction of sp³-hybridized carbons (Fsp3) is 0.214. The van der Waals surface area contributed by atoms with Crippen molar-refractivity contribution in [2.45, 2.75) is 13.5 Å². The highest BCUT2D eigenvalue weighted by Gasteiger charge is 2.19. The summed E-state index contributed by atoms with van der Waals surface area (Å²) in [5.41, 5.74) is 0.585. The fourth-order valence-corrected chi connectivity index (χ4v) is 2.12. The van der Waals surface area contributed by atoms with Gasteiger partial charge in [-0.25, -0.2) is 14.5 Å². The second kappa shape index (κ2) is 5.28. The molecule has 3 aromatic rings. The number of nitrogens with zero attached hydrogens (tertiary/aromatic N) is 3. The number of hydrogen-bond acceptors (Lipinski definition) is 5. The number of rotatable bonds is 5. The average molecular weight is 287 g/mol. The van der Waals surface area contributed by atoms with Gasteiger partial charge in [0.2, 0.25) is 0 Å². The van der Waals surface area contributed by atoms with Gasteiger partial charge in [0.25, 0.3) is 0 Å². The Hall–Kier alpha value is -2.83. The van der Waals surface area contributed by atoms with Gasteiger partial charge in [0.05, 0.1) is 24.5 Å². The summed E-state index contributed by atoms with van der Waals surface area (Å²) in [4.78, 5) is 15.4. The molecule has 3 rings (SSSR count). The topological polar surface area (TPSA) is 90.4 Å². The van der Waals surface area contributed by atoms with Crippen LogP contribution < -0.4 is 4.74 Å². The van der Waals surface area contributed by atoms with E-state index in [2.05, 4.69) is 10.1 Å². The van der Waals surface area contributed by atoms with Crippen LogP contribution in [0.1, 0.15) is 23.0 Å². The Labute approximate surface area is 119 Å². The molecule has 0 amide bonds. The Morgan fingerprint density at radius 3 is 3.00 bits per heavy atom. The summed E-state index contributed by atoms with van der Waals surface area (Å²) < 4.78 is 12.4. The van der Waals surface area contributed by atoms with E-state index in [0.29, 0.717) is 29.9 Å². The van der Waals surface area contributed by atoms with E-state index in [9.17, 15) is 9.90 Å². The first-order chi connectivity index (χ1) is 10.2. The maximum atomic E-state index is 11.2. The van der Waals surface area contributed by atoms with Gasteiger partial charge in [-0.15, -0.1) is 0 Å². The molecule has 0 aliphatic carbocycles. The maximum absolute atomic E-state index is 11.2. The first-order valence-electron chi connectivity index (χ1n) is 6.43. The van der Waals surface area contributed by atoms with Crippen molar-refractivity contribution in [2.24, 2.45) is 0 Å². The van der Waals surface area contributed by atoms with E-state index in [4.69, 9.17) is 9.15 Å². The third kappa shape index (κ3) is 2.33. The van der Waals surface area contributed by atoms with E-state index in [1.54, 1.807) is 30.1 Å². The predicted octanol–water partition coefficient (Wildman–Crippen LogP) is 2.17. The molecule has 3 aromatic heterocycles. The third-order valence-corrected chi connectivity index (χ3v) is 3.02. The lowest BCUT2D eigenvalue weighted by molar-refractivity contribution is 0.0692. The Balaban J connectivity index is 2.10. The summed E-state index contributed by atoms with van der Waals surface area (Å²) in [5.74, 6) is -0.0469. The van der Waals surface area contributed by atoms with E-state index < -0.39 is 5.97 Å². The Morgan fingerprint density at radius 1 is 1.48 bits per heavy atom. The zero-order chi connectivity index (χ0) is 14.8. The van der Waals surface area contributed by atoms with Gasteiger partial charge in [-0.1, -0.05) is 0 Å². The molecule has 0 saturated carbocycles. The molecule has 3 heterocycles. The Bertz CT molecular complexity index is 777. The van der Waals surface area contributed by atoms with Gasteiger partial charge in [0.1, 0.15) is 23.6 Å². The van der Waals surface area contributed by atoms with Crippen LogP contribution in [0.25, 0.3) is 11.0 Å². The SMILES string of the molecule is CCOc1c(C(=O)O)cnc2c1cnn2Cc1ccco1. The summed E-state index contributed by atoms with van der Waals surface area (Å²) in [6.07, 6.45) is 4.43. The summed E-state index contributed by atoms with van der Waals surface area (Å²) in [5, 5.41) is 14.0. The molecule has 0 aliphatic heterocycles. The summed E-state index contributed by atoms with van der Waals surface area (Å²) in [6, 6.07) is 3.63. The Kier molecular flexibility index (Phi) is 3.31. The number of aromatic nitrogens is 3. The molecular weight excluding hydrogens is 274 g/mol. The van der Waals surface area contributed by atoms with Crippen molar-refractivity contribution in [3.05, 3.63) is 42.1 Å². The highest BCUT2D eigenvalue weighted by molar-refractivity contribution is 5.97. The number of carboxylic acid groups (broad SMARTS) is 1. The molecule has 0 atom stereocenters. The molecule has 1 N–H and O–H groups in total. The lowest BCUT2D eigenvalue weighted by Crippen LogP contribution is -2.06. The van der Waals surface area contributed by atoms with Crippen molar-refractivity contribution in [1.29, 1.82) is 0 Å². The molecule has 108 valence electrons. The van der Waals surface area contributed by atoms with E-state index in [0.717, 1.165) is 5.76 Å². The van der Waals surface area contributed by atoms with Crippen LogP contribution in [0.3, 0.4) is 0 Å². The molecule has 0 saturated heterocycles. The van der Waals surface area contributed by atoms with E-state index in [1.165, 1.54) is 6.20 Å². The van der Waals surface area contributed by atoms with Crippen LogP contribution in [0.2, 0.25) is 0 Å². The number of furan rings is 1. The largest absolute Gasteiger partial charge is 0.492 e. The van der Waals surface area contributed by atoms with Gasteiger partial charge in [-0.3, -0.25) is 0 Å². The zero-order valence-electron chi connectivity index (χ0n) is 11.3. The summed E-state index contributed by atoms with van der Waals surface area (Å²) >= 11 is 0. The van der Waals surface area contributed by atoms with Crippen LogP contribution in [-0.4, -0.2) is 32.4 Å². The summed E-state index contributed by atoms with van der Waals surface area (Å²) in [6.45, 7) is 2.58. The van der Waals surface area contributed by atoms with E-state index >= 15 is 0 Å². The van der Waals surface area contributed by atoms with Crippen LogP contribution >= 0.6 is 0 Å². The lowest BCUT2D eigenvalue weighted by Gasteiger charge is -2.08. The zero-order valence-corrected chi connectivity index (χ0v) is 11.3. The highest BCUT2D eigenvalue weighted by atomic mass is 16.5. The normalized spacial score (nSPS) is 10.9. The van der Waals surface area contributed by atoms with Gasteiger partial charge in [0, 0.05) is 6.20 Å². The monoisotopic (exact) mass is 287 g/mol. The van der Waals surface area contributed by atoms with Crippen molar-refractivity contribution in [1.82, 2.24) is 14.8 Å². The first-order valence-corrected chi connectivity index (χ1v) is 6.43. The van der Waals surface area contributed by atoms with Crippen molar-refractivity contribution in [2.75, 3.05) is 6.61 Å². The van der Waals surface area contributed by atoms with Crippen LogP contribution in [0.4, 0.5) is 0 Å². The van der Waals surface area contributed by atoms with E-state index in [-0.39, 0.29) is 5.56 Å². The predicted molar refractivity (Wildman–Crippen MR) is 73.5 cm³/mol. The number of hydrogen-bond donors (Lipinski definition) is 1. The molecule has 7 nitrogen and oxygen atoms in total. The molecule has 21 heavy (non-hydrogen) atoms. The van der Waals surface area contributed by atoms with Crippen molar-refractivity contribution in [3.8, 4) is 5.75 Å². The first kappa shape index (κ1) is 13.2. The van der Waals surface area contributed by atoms with Crippen LogP contribution in [0.15, 0.2) is 35.2 Å². The molecule has 0 aromatic carbocycles. The van der Waals surface area contributed by atoms with Gasteiger partial charge >= 0.3 is 5.97 Å². The quantitative estimate of drug-likeness (QED) is 0.773. The number of carboxylic acids is 1. The Morgan fingerprint density at radius 2 is 2.33 bits per heavy atom. The molecule has 0 unspecified atom stereocenters. The number of aromatic carboxylic acids is 1. The van der Waals surface area contributed by atoms with E-state index in [1.807, 2.05) is 6.07 Å². The van der Waals surface area contributed by atoms with Gasteiger partial charge in [-0.2, -0.15) is 5.10 Å². The van der Waals surface area contributed by atoms with Gasteiger partial charge in [-0.05, 0) is 19.1 Å². The fourth-order valence-electron chi connectivity index (χ4n) is 2.12. The number of ether oxygens (including phenoxy) is 1. The standard InChI is InChI=1S/C14H13N3O4/c1-2-20-12-10-7-16-17(8-9-4-3-5-21-9)13(10)15-6-11(12)14(18)19/h3-7H,2,8H2,1H3,(H,18,19). The minimum Gasteiger partial charge on any atom is -0.492 e. The molecule has 7 heteroatoms. The molecular formula is C14H13N3O4. The molecule has 0 aliphatic rings. The summed E-state index contributed by atoms with van der Waals surface area (Å²) in [7, 11) is 0. The highest BCUT2D eigenvalue weighted by Crippen LogP contribution is 2.28. The second-order valence-corrected chi connectivity index (χ2v) is 4.36. The van der Waals surface area contributed by atoms with Crippen molar-refractivity contribution >= 4 is 17.0 Å². The molecule has 0 radical (unpaired) electrons. The van der Waals surface area contributed by atoms with Crippen LogP contribution in [-0.2, 0) is 6.54 Å². The van der Waals surface area contributed by atoms with Crippen molar-refractivity contribution < 1.29 is 19.1 Å². The third-order valence-electron chi connectivity index (χ3n) is 3.02. The maximum Gasteiger partial charge on any atom is 0.341 e. The average Bonchev–Trinajstić information content (AvgIpc) is 3.10. The molecule has 0 fully saturated rings. The number of carbonyl (C=O) groups is 1. The number of pyridine rings is 1. The van der Waals surface area contributed by atoms with Crippen LogP contribution in [0, 0.1) is 0 Å². The smallest absolute Gasteiger partial charge is 0.341 e. The number of fused-ring (bicyclic) bond motifs is 1. The molecule has 0 spiro atoms. The lowest BCUT2D eigenvalue weighted by atomic mass is 10.2. The van der Waals surface area contributed by atoms with Crippen LogP contribution in [0.5, 0.6) is 5.75 Å².